The van der Waals surface area contributed by atoms with E-state index in [4.69, 9.17) is 23.7 Å². The summed E-state index contributed by atoms with van der Waals surface area (Å²) in [6, 6.07) is 12.1. The summed E-state index contributed by atoms with van der Waals surface area (Å²) in [6.45, 7) is 10.0. The molecule has 188 valence electrons. The molecule has 2 aromatic carbocycles. The van der Waals surface area contributed by atoms with E-state index in [1.54, 1.807) is 24.3 Å². The smallest absolute Gasteiger partial charge is 0.308 e. The van der Waals surface area contributed by atoms with Gasteiger partial charge in [-0.1, -0.05) is 32.9 Å². The molecule has 0 bridgehead atoms. The van der Waals surface area contributed by atoms with E-state index < -0.39 is 18.2 Å². The maximum absolute atomic E-state index is 11.6. The van der Waals surface area contributed by atoms with Crippen LogP contribution in [0.2, 0.25) is 0 Å². The monoisotopic (exact) mass is 484 g/mol. The average molecular weight is 485 g/mol. The predicted molar refractivity (Wildman–Crippen MR) is 128 cm³/mol. The second-order valence-electron chi connectivity index (χ2n) is 8.77. The van der Waals surface area contributed by atoms with E-state index in [-0.39, 0.29) is 41.5 Å². The van der Waals surface area contributed by atoms with Crippen molar-refractivity contribution < 1.29 is 38.1 Å². The molecule has 8 nitrogen and oxygen atoms in total. The first-order chi connectivity index (χ1) is 16.6. The molecule has 3 rings (SSSR count). The fourth-order valence-corrected chi connectivity index (χ4v) is 4.32. The molecular weight excluding hydrogens is 452 g/mol. The Bertz CT molecular complexity index is 1030. The summed E-state index contributed by atoms with van der Waals surface area (Å²) in [5.41, 5.74) is 1.50. The molecule has 5 unspecified atom stereocenters. The van der Waals surface area contributed by atoms with E-state index in [2.05, 4.69) is 0 Å². The molecule has 2 aromatic rings. The summed E-state index contributed by atoms with van der Waals surface area (Å²) >= 11 is 0. The lowest BCUT2D eigenvalue weighted by molar-refractivity contribution is -0.237. The molecule has 0 amide bonds. The van der Waals surface area contributed by atoms with Crippen LogP contribution in [0.15, 0.2) is 42.5 Å². The fourth-order valence-electron chi connectivity index (χ4n) is 4.32. The van der Waals surface area contributed by atoms with Crippen molar-refractivity contribution in [3.63, 3.8) is 0 Å². The minimum Gasteiger partial charge on any atom is -0.465 e. The number of ether oxygens (including phenoxy) is 5. The summed E-state index contributed by atoms with van der Waals surface area (Å²) in [5, 5.41) is 0. The Hall–Kier alpha value is -3.39. The summed E-state index contributed by atoms with van der Waals surface area (Å²) in [4.78, 5) is 34.5. The van der Waals surface area contributed by atoms with Crippen LogP contribution in [-0.4, -0.2) is 36.4 Å². The Morgan fingerprint density at radius 2 is 1.34 bits per heavy atom. The SMILES string of the molecule is CCC1OC(Oc2ccc(-c3cc(OC(C)=O)cc(OC(C)=O)c3)cc2)C(C)C(OC(C)=O)C1C. The molecule has 0 radical (unpaired) electrons. The zero-order valence-electron chi connectivity index (χ0n) is 20.9. The van der Waals surface area contributed by atoms with Crippen molar-refractivity contribution in [1.82, 2.24) is 0 Å². The van der Waals surface area contributed by atoms with Crippen molar-refractivity contribution in [2.24, 2.45) is 11.8 Å². The quantitative estimate of drug-likeness (QED) is 0.403. The minimum atomic E-state index is -0.575. The van der Waals surface area contributed by atoms with Crippen molar-refractivity contribution in [2.75, 3.05) is 0 Å². The third kappa shape index (κ3) is 6.82. The molecule has 0 N–H and O–H groups in total. The van der Waals surface area contributed by atoms with Gasteiger partial charge in [0.15, 0.2) is 0 Å². The Balaban J connectivity index is 1.81. The lowest BCUT2D eigenvalue weighted by atomic mass is 9.84. The summed E-state index contributed by atoms with van der Waals surface area (Å²) in [7, 11) is 0. The van der Waals surface area contributed by atoms with Crippen LogP contribution in [0.4, 0.5) is 0 Å². The van der Waals surface area contributed by atoms with E-state index in [0.717, 1.165) is 12.0 Å². The van der Waals surface area contributed by atoms with Crippen LogP contribution in [0.1, 0.15) is 48.0 Å². The second-order valence-corrected chi connectivity index (χ2v) is 8.77. The zero-order chi connectivity index (χ0) is 25.7. The molecule has 1 heterocycles. The lowest BCUT2D eigenvalue weighted by Crippen LogP contribution is -2.52. The number of rotatable bonds is 7. The molecule has 0 saturated carbocycles. The number of carbonyl (C=O) groups is 3. The second kappa shape index (κ2) is 11.4. The molecular formula is C27H32O8. The summed E-state index contributed by atoms with van der Waals surface area (Å²) < 4.78 is 28.3. The summed E-state index contributed by atoms with van der Waals surface area (Å²) in [6.07, 6.45) is -0.203. The molecule has 1 aliphatic rings. The van der Waals surface area contributed by atoms with Gasteiger partial charge in [-0.05, 0) is 41.8 Å². The van der Waals surface area contributed by atoms with Gasteiger partial charge in [-0.3, -0.25) is 14.4 Å². The van der Waals surface area contributed by atoms with Gasteiger partial charge in [0.25, 0.3) is 0 Å². The van der Waals surface area contributed by atoms with Gasteiger partial charge in [-0.2, -0.15) is 0 Å². The molecule has 1 aliphatic heterocycles. The summed E-state index contributed by atoms with van der Waals surface area (Å²) in [5.74, 6) is -0.258. The highest BCUT2D eigenvalue weighted by Gasteiger charge is 2.44. The molecule has 1 fully saturated rings. The highest BCUT2D eigenvalue weighted by atomic mass is 16.7. The molecule has 8 heteroatoms. The van der Waals surface area contributed by atoms with Crippen LogP contribution in [0.5, 0.6) is 17.2 Å². The largest absolute Gasteiger partial charge is 0.465 e. The van der Waals surface area contributed by atoms with Crippen LogP contribution in [0.3, 0.4) is 0 Å². The normalized spacial score (nSPS) is 23.8. The molecule has 5 atom stereocenters. The van der Waals surface area contributed by atoms with Crippen LogP contribution >= 0.6 is 0 Å². The fraction of sp³-hybridized carbons (Fsp3) is 0.444. The first kappa shape index (κ1) is 26.2. The molecule has 0 aromatic heterocycles. The standard InChI is InChI=1S/C27H32O8/c1-7-25-15(2)26(33-19(6)30)16(3)27(35-25)34-22-10-8-20(9-11-22)21-12-23(31-17(4)28)14-24(13-21)32-18(5)29/h8-16,25-27H,7H2,1-6H3. The number of carbonyl (C=O) groups excluding carboxylic acids is 3. The van der Waals surface area contributed by atoms with Crippen LogP contribution < -0.4 is 14.2 Å². The van der Waals surface area contributed by atoms with Crippen molar-refractivity contribution in [2.45, 2.75) is 66.5 Å². The number of esters is 3. The first-order valence-corrected chi connectivity index (χ1v) is 11.7. The lowest BCUT2D eigenvalue weighted by Gasteiger charge is -2.43. The maximum Gasteiger partial charge on any atom is 0.308 e. The zero-order valence-corrected chi connectivity index (χ0v) is 20.9. The van der Waals surface area contributed by atoms with E-state index in [1.165, 1.54) is 26.8 Å². The van der Waals surface area contributed by atoms with E-state index in [0.29, 0.717) is 11.3 Å². The molecule has 0 spiro atoms. The predicted octanol–water partition coefficient (Wildman–Crippen LogP) is 4.92. The van der Waals surface area contributed by atoms with Crippen molar-refractivity contribution in [3.05, 3.63) is 42.5 Å². The van der Waals surface area contributed by atoms with Crippen molar-refractivity contribution in [1.29, 1.82) is 0 Å². The molecule has 1 saturated heterocycles. The third-order valence-corrected chi connectivity index (χ3v) is 5.91. The Morgan fingerprint density at radius 3 is 1.83 bits per heavy atom. The minimum absolute atomic E-state index is 0.0528. The first-order valence-electron chi connectivity index (χ1n) is 11.7. The van der Waals surface area contributed by atoms with E-state index in [1.807, 2.05) is 32.9 Å². The van der Waals surface area contributed by atoms with Gasteiger partial charge >= 0.3 is 17.9 Å². The third-order valence-electron chi connectivity index (χ3n) is 5.91. The van der Waals surface area contributed by atoms with Gasteiger partial charge in [-0.25, -0.2) is 0 Å². The van der Waals surface area contributed by atoms with Crippen molar-refractivity contribution >= 4 is 17.9 Å². The van der Waals surface area contributed by atoms with Gasteiger partial charge in [0.1, 0.15) is 23.4 Å². The van der Waals surface area contributed by atoms with Crippen LogP contribution in [0, 0.1) is 11.8 Å². The van der Waals surface area contributed by atoms with Crippen LogP contribution in [0.25, 0.3) is 11.1 Å². The van der Waals surface area contributed by atoms with E-state index in [9.17, 15) is 14.4 Å². The van der Waals surface area contributed by atoms with E-state index >= 15 is 0 Å². The van der Waals surface area contributed by atoms with Gasteiger partial charge in [-0.15, -0.1) is 0 Å². The van der Waals surface area contributed by atoms with Gasteiger partial charge in [0.05, 0.1) is 12.0 Å². The van der Waals surface area contributed by atoms with Gasteiger partial charge < -0.3 is 23.7 Å². The topological polar surface area (TPSA) is 97.4 Å². The number of hydrogen-bond acceptors (Lipinski definition) is 8. The Morgan fingerprint density at radius 1 is 0.771 bits per heavy atom. The Kier molecular flexibility index (Phi) is 8.51. The van der Waals surface area contributed by atoms with Crippen LogP contribution in [-0.2, 0) is 23.9 Å². The Labute approximate surface area is 205 Å². The van der Waals surface area contributed by atoms with Gasteiger partial charge in [0, 0.05) is 32.8 Å². The number of hydrogen-bond donors (Lipinski definition) is 0. The highest BCUT2D eigenvalue weighted by Crippen LogP contribution is 2.36. The number of benzene rings is 2. The van der Waals surface area contributed by atoms with Gasteiger partial charge in [0.2, 0.25) is 6.29 Å². The highest BCUT2D eigenvalue weighted by molar-refractivity contribution is 5.75. The average Bonchev–Trinajstić information content (AvgIpc) is 2.77. The molecule has 0 aliphatic carbocycles. The maximum atomic E-state index is 11.6. The molecule has 35 heavy (non-hydrogen) atoms. The van der Waals surface area contributed by atoms with Crippen molar-refractivity contribution in [3.8, 4) is 28.4 Å².